The quantitative estimate of drug-likeness (QED) is 0.531. The molecule has 0 bridgehead atoms. The number of para-hydroxylation sites is 2. The average molecular weight is 306 g/mol. The minimum Gasteiger partial charge on any atom is -0.422 e. The molecule has 0 amide bonds. The number of rotatable bonds is 4. The summed E-state index contributed by atoms with van der Waals surface area (Å²) in [5, 5.41) is 0. The van der Waals surface area contributed by atoms with E-state index in [0.717, 1.165) is 11.9 Å². The zero-order valence-corrected chi connectivity index (χ0v) is 13.2. The van der Waals surface area contributed by atoms with Crippen LogP contribution in [0.4, 0.5) is 0 Å². The van der Waals surface area contributed by atoms with E-state index in [1.165, 1.54) is 11.8 Å². The van der Waals surface area contributed by atoms with Crippen LogP contribution in [-0.2, 0) is 0 Å². The molecule has 4 nitrogen and oxygen atoms in total. The summed E-state index contributed by atoms with van der Waals surface area (Å²) in [6.45, 7) is 4.32. The lowest BCUT2D eigenvalue weighted by atomic mass is 9.99. The van der Waals surface area contributed by atoms with Crippen molar-refractivity contribution >= 4 is 17.0 Å². The number of hydrogen-bond acceptors (Lipinski definition) is 4. The maximum atomic E-state index is 12.2. The number of esters is 1. The van der Waals surface area contributed by atoms with Crippen LogP contribution >= 0.6 is 0 Å². The number of carbonyl (C=O) groups excluding carboxylic acids is 1. The molecule has 0 N–H and O–H groups in total. The molecule has 0 saturated carbocycles. The first-order valence-electron chi connectivity index (χ1n) is 7.71. The van der Waals surface area contributed by atoms with Crippen LogP contribution in [0, 0.1) is 0 Å². The summed E-state index contributed by atoms with van der Waals surface area (Å²) in [5.41, 5.74) is 2.86. The zero-order valence-electron chi connectivity index (χ0n) is 13.2. The SMILES string of the molecule is CC[C@@H](C)c1ccc(OC(=O)c2cnc3ccccc3n2)cc1. The molecule has 0 fully saturated rings. The smallest absolute Gasteiger partial charge is 0.363 e. The Kier molecular flexibility index (Phi) is 4.33. The molecule has 0 aliphatic rings. The highest BCUT2D eigenvalue weighted by Crippen LogP contribution is 2.22. The second-order valence-corrected chi connectivity index (χ2v) is 5.51. The lowest BCUT2D eigenvalue weighted by Gasteiger charge is -2.10. The van der Waals surface area contributed by atoms with E-state index < -0.39 is 5.97 Å². The van der Waals surface area contributed by atoms with Crippen molar-refractivity contribution in [2.45, 2.75) is 26.2 Å². The van der Waals surface area contributed by atoms with Gasteiger partial charge >= 0.3 is 5.97 Å². The number of fused-ring (bicyclic) bond motifs is 1. The summed E-state index contributed by atoms with van der Waals surface area (Å²) in [6, 6.07) is 15.0. The highest BCUT2D eigenvalue weighted by Gasteiger charge is 2.12. The molecule has 1 heterocycles. The van der Waals surface area contributed by atoms with Crippen molar-refractivity contribution in [3.8, 4) is 5.75 Å². The van der Waals surface area contributed by atoms with Gasteiger partial charge in [-0.1, -0.05) is 38.1 Å². The molecule has 23 heavy (non-hydrogen) atoms. The molecule has 4 heteroatoms. The molecule has 0 saturated heterocycles. The normalized spacial score (nSPS) is 12.1. The van der Waals surface area contributed by atoms with Crippen molar-refractivity contribution in [2.75, 3.05) is 0 Å². The number of aromatic nitrogens is 2. The maximum Gasteiger partial charge on any atom is 0.363 e. The molecule has 1 aromatic heterocycles. The fraction of sp³-hybridized carbons (Fsp3) is 0.211. The number of benzene rings is 2. The molecule has 2 aromatic carbocycles. The second kappa shape index (κ2) is 6.57. The van der Waals surface area contributed by atoms with Crippen LogP contribution in [0.25, 0.3) is 11.0 Å². The van der Waals surface area contributed by atoms with Gasteiger partial charge in [-0.3, -0.25) is 4.98 Å². The summed E-state index contributed by atoms with van der Waals surface area (Å²) in [6.07, 6.45) is 2.52. The van der Waals surface area contributed by atoms with E-state index >= 15 is 0 Å². The van der Waals surface area contributed by atoms with Crippen molar-refractivity contribution < 1.29 is 9.53 Å². The van der Waals surface area contributed by atoms with Gasteiger partial charge in [-0.25, -0.2) is 9.78 Å². The van der Waals surface area contributed by atoms with Gasteiger partial charge in [-0.2, -0.15) is 0 Å². The Balaban J connectivity index is 1.77. The van der Waals surface area contributed by atoms with E-state index in [1.807, 2.05) is 48.5 Å². The van der Waals surface area contributed by atoms with Crippen molar-refractivity contribution in [1.29, 1.82) is 0 Å². The Bertz CT molecular complexity index is 828. The van der Waals surface area contributed by atoms with Crippen LogP contribution in [0.2, 0.25) is 0 Å². The topological polar surface area (TPSA) is 52.1 Å². The molecule has 0 radical (unpaired) electrons. The third kappa shape index (κ3) is 3.37. The first kappa shape index (κ1) is 15.2. The standard InChI is InChI=1S/C19H18N2O2/c1-3-13(2)14-8-10-15(11-9-14)23-19(22)18-12-20-16-6-4-5-7-17(16)21-18/h4-13H,3H2,1-2H3/t13-/m1/s1. The molecular formula is C19H18N2O2. The predicted octanol–water partition coefficient (Wildman–Crippen LogP) is 4.36. The largest absolute Gasteiger partial charge is 0.422 e. The first-order chi connectivity index (χ1) is 11.2. The van der Waals surface area contributed by atoms with Crippen molar-refractivity contribution in [1.82, 2.24) is 9.97 Å². The van der Waals surface area contributed by atoms with Crippen LogP contribution in [0.5, 0.6) is 5.75 Å². The van der Waals surface area contributed by atoms with Crippen LogP contribution in [0.3, 0.4) is 0 Å². The van der Waals surface area contributed by atoms with Gasteiger partial charge in [-0.15, -0.1) is 0 Å². The van der Waals surface area contributed by atoms with E-state index in [1.54, 1.807) is 0 Å². The van der Waals surface area contributed by atoms with E-state index in [2.05, 4.69) is 23.8 Å². The summed E-state index contributed by atoms with van der Waals surface area (Å²) >= 11 is 0. The summed E-state index contributed by atoms with van der Waals surface area (Å²) in [5.74, 6) is 0.502. The van der Waals surface area contributed by atoms with Gasteiger partial charge in [0, 0.05) is 0 Å². The monoisotopic (exact) mass is 306 g/mol. The van der Waals surface area contributed by atoms with E-state index in [9.17, 15) is 4.79 Å². The molecule has 0 aliphatic heterocycles. The van der Waals surface area contributed by atoms with Gasteiger partial charge in [0.25, 0.3) is 0 Å². The Morgan fingerprint density at radius 2 is 1.78 bits per heavy atom. The van der Waals surface area contributed by atoms with E-state index in [-0.39, 0.29) is 5.69 Å². The van der Waals surface area contributed by atoms with Gasteiger partial charge in [0.15, 0.2) is 5.69 Å². The molecule has 3 rings (SSSR count). The Morgan fingerprint density at radius 1 is 1.09 bits per heavy atom. The Morgan fingerprint density at radius 3 is 2.48 bits per heavy atom. The van der Waals surface area contributed by atoms with E-state index in [4.69, 9.17) is 4.74 Å². The van der Waals surface area contributed by atoms with Gasteiger partial charge in [0.2, 0.25) is 0 Å². The lowest BCUT2D eigenvalue weighted by molar-refractivity contribution is 0.0728. The minimum absolute atomic E-state index is 0.203. The summed E-state index contributed by atoms with van der Waals surface area (Å²) in [4.78, 5) is 20.7. The second-order valence-electron chi connectivity index (χ2n) is 5.51. The molecule has 0 unspecified atom stereocenters. The Hall–Kier alpha value is -2.75. The number of nitrogens with zero attached hydrogens (tertiary/aromatic N) is 2. The maximum absolute atomic E-state index is 12.2. The molecule has 0 aliphatic carbocycles. The molecule has 3 aromatic rings. The number of carbonyl (C=O) groups is 1. The van der Waals surface area contributed by atoms with Crippen LogP contribution < -0.4 is 4.74 Å². The number of hydrogen-bond donors (Lipinski definition) is 0. The third-order valence-electron chi connectivity index (χ3n) is 3.93. The van der Waals surface area contributed by atoms with Crippen molar-refractivity contribution in [2.24, 2.45) is 0 Å². The fourth-order valence-electron chi connectivity index (χ4n) is 2.31. The lowest BCUT2D eigenvalue weighted by Crippen LogP contribution is -2.11. The van der Waals surface area contributed by atoms with Gasteiger partial charge in [0.1, 0.15) is 5.75 Å². The summed E-state index contributed by atoms with van der Waals surface area (Å²) in [7, 11) is 0. The highest BCUT2D eigenvalue weighted by molar-refractivity contribution is 5.90. The van der Waals surface area contributed by atoms with Crippen LogP contribution in [-0.4, -0.2) is 15.9 Å². The average Bonchev–Trinajstić information content (AvgIpc) is 2.61. The minimum atomic E-state index is -0.500. The predicted molar refractivity (Wildman–Crippen MR) is 89.6 cm³/mol. The molecular weight excluding hydrogens is 288 g/mol. The van der Waals surface area contributed by atoms with Crippen molar-refractivity contribution in [3.05, 3.63) is 66.0 Å². The molecule has 0 spiro atoms. The van der Waals surface area contributed by atoms with Crippen LogP contribution in [0.15, 0.2) is 54.7 Å². The van der Waals surface area contributed by atoms with E-state index in [0.29, 0.717) is 17.2 Å². The summed E-state index contributed by atoms with van der Waals surface area (Å²) < 4.78 is 5.38. The molecule has 116 valence electrons. The van der Waals surface area contributed by atoms with Gasteiger partial charge < -0.3 is 4.74 Å². The number of ether oxygens (including phenoxy) is 1. The fourth-order valence-corrected chi connectivity index (χ4v) is 2.31. The zero-order chi connectivity index (χ0) is 16.2. The van der Waals surface area contributed by atoms with Crippen LogP contribution in [0.1, 0.15) is 42.2 Å². The first-order valence-corrected chi connectivity index (χ1v) is 7.71. The van der Waals surface area contributed by atoms with Crippen molar-refractivity contribution in [3.63, 3.8) is 0 Å². The Labute approximate surface area is 135 Å². The highest BCUT2D eigenvalue weighted by atomic mass is 16.5. The third-order valence-corrected chi connectivity index (χ3v) is 3.93. The molecule has 1 atom stereocenters. The van der Waals surface area contributed by atoms with Gasteiger partial charge in [-0.05, 0) is 42.2 Å². The van der Waals surface area contributed by atoms with Gasteiger partial charge in [0.05, 0.1) is 17.2 Å².